The van der Waals surface area contributed by atoms with Gasteiger partial charge >= 0.3 is 23.9 Å². The number of methoxy groups -OCH3 is 1. The van der Waals surface area contributed by atoms with Gasteiger partial charge in [0, 0.05) is 18.9 Å². The standard InChI is InChI=1S/C31H38N2O12/c1-6-40-16-24(34)42-17-43-27-23(39-5)12-13-32-25(27)28(35)33-22-15-41-30(37)21(14-20-10-8-7-9-11-20)26(19(4)44-31(22)38)45-29(36)18(2)3/h7-13,18-19,21-22,26H,6,14-17H2,1-5H3,(H,33,35)/t19-,21+,22-,26-/m0/s1. The molecule has 244 valence electrons. The van der Waals surface area contributed by atoms with E-state index in [1.165, 1.54) is 26.3 Å². The Labute approximate surface area is 260 Å². The fourth-order valence-corrected chi connectivity index (χ4v) is 4.25. The van der Waals surface area contributed by atoms with Gasteiger partial charge in [-0.1, -0.05) is 44.2 Å². The SMILES string of the molecule is CCOCC(=O)OCOc1c(OC)ccnc1C(=O)N[C@H]1COC(=O)[C@H](Cc2ccccc2)[C@@H](OC(=O)C(C)C)[C@H](C)OC1=O. The zero-order valence-corrected chi connectivity index (χ0v) is 25.8. The molecule has 2 heterocycles. The van der Waals surface area contributed by atoms with E-state index in [1.54, 1.807) is 32.9 Å². The summed E-state index contributed by atoms with van der Waals surface area (Å²) in [5.74, 6) is -5.49. The van der Waals surface area contributed by atoms with Crippen molar-refractivity contribution in [1.82, 2.24) is 10.3 Å². The minimum Gasteiger partial charge on any atom is -0.493 e. The second-order valence-electron chi connectivity index (χ2n) is 10.3. The summed E-state index contributed by atoms with van der Waals surface area (Å²) < 4.78 is 37.5. The lowest BCUT2D eigenvalue weighted by Gasteiger charge is -2.29. The largest absolute Gasteiger partial charge is 0.493 e. The molecule has 0 radical (unpaired) electrons. The minimum absolute atomic E-state index is 0.0895. The molecule has 1 N–H and O–H groups in total. The number of carbonyl (C=O) groups excluding carboxylic acids is 5. The van der Waals surface area contributed by atoms with Gasteiger partial charge in [0.2, 0.25) is 6.79 Å². The summed E-state index contributed by atoms with van der Waals surface area (Å²) in [4.78, 5) is 68.5. The van der Waals surface area contributed by atoms with Crippen LogP contribution in [0.1, 0.15) is 43.7 Å². The Kier molecular flexibility index (Phi) is 13.1. The number of hydrogen-bond acceptors (Lipinski definition) is 13. The highest BCUT2D eigenvalue weighted by atomic mass is 16.7. The summed E-state index contributed by atoms with van der Waals surface area (Å²) in [5.41, 5.74) is 0.459. The predicted octanol–water partition coefficient (Wildman–Crippen LogP) is 2.02. The number of rotatable bonds is 13. The number of aromatic nitrogens is 1. The second-order valence-corrected chi connectivity index (χ2v) is 10.3. The Balaban J connectivity index is 1.82. The van der Waals surface area contributed by atoms with Crippen molar-refractivity contribution in [3.8, 4) is 11.5 Å². The number of amides is 1. The zero-order valence-electron chi connectivity index (χ0n) is 25.8. The molecule has 1 aliphatic heterocycles. The number of hydrogen-bond donors (Lipinski definition) is 1. The molecule has 0 spiro atoms. The molecule has 45 heavy (non-hydrogen) atoms. The summed E-state index contributed by atoms with van der Waals surface area (Å²) in [7, 11) is 1.33. The third-order valence-electron chi connectivity index (χ3n) is 6.62. The molecule has 1 aromatic heterocycles. The number of nitrogens with one attached hydrogen (secondary N) is 1. The van der Waals surface area contributed by atoms with Crippen LogP contribution in [0.3, 0.4) is 0 Å². The maximum atomic E-state index is 13.4. The summed E-state index contributed by atoms with van der Waals surface area (Å²) >= 11 is 0. The lowest BCUT2D eigenvalue weighted by atomic mass is 9.91. The van der Waals surface area contributed by atoms with Crippen LogP contribution in [0.2, 0.25) is 0 Å². The van der Waals surface area contributed by atoms with Gasteiger partial charge in [0.25, 0.3) is 5.91 Å². The van der Waals surface area contributed by atoms with E-state index in [0.29, 0.717) is 6.61 Å². The maximum absolute atomic E-state index is 13.4. The van der Waals surface area contributed by atoms with E-state index in [0.717, 1.165) is 5.56 Å². The van der Waals surface area contributed by atoms with Crippen molar-refractivity contribution in [2.45, 2.75) is 52.4 Å². The van der Waals surface area contributed by atoms with Gasteiger partial charge in [0.1, 0.15) is 25.2 Å². The molecule has 1 aliphatic rings. The van der Waals surface area contributed by atoms with Crippen molar-refractivity contribution >= 4 is 29.8 Å². The molecule has 0 unspecified atom stereocenters. The van der Waals surface area contributed by atoms with Crippen LogP contribution in [0.25, 0.3) is 0 Å². The van der Waals surface area contributed by atoms with Crippen LogP contribution in [-0.4, -0.2) is 86.7 Å². The van der Waals surface area contributed by atoms with Crippen molar-refractivity contribution in [2.24, 2.45) is 11.8 Å². The molecule has 3 rings (SSSR count). The number of nitrogens with zero attached hydrogens (tertiary/aromatic N) is 1. The fourth-order valence-electron chi connectivity index (χ4n) is 4.25. The lowest BCUT2D eigenvalue weighted by Crippen LogP contribution is -2.47. The molecule has 0 aliphatic carbocycles. The van der Waals surface area contributed by atoms with Gasteiger partial charge in [0.15, 0.2) is 29.3 Å². The van der Waals surface area contributed by atoms with Crippen LogP contribution >= 0.6 is 0 Å². The van der Waals surface area contributed by atoms with Gasteiger partial charge in [-0.15, -0.1) is 0 Å². The van der Waals surface area contributed by atoms with Gasteiger partial charge in [-0.2, -0.15) is 0 Å². The van der Waals surface area contributed by atoms with Crippen molar-refractivity contribution in [1.29, 1.82) is 0 Å². The van der Waals surface area contributed by atoms with E-state index in [1.807, 2.05) is 18.2 Å². The molecule has 2 aromatic rings. The van der Waals surface area contributed by atoms with Crippen LogP contribution in [0.4, 0.5) is 0 Å². The summed E-state index contributed by atoms with van der Waals surface area (Å²) in [5, 5.41) is 2.45. The van der Waals surface area contributed by atoms with Gasteiger partial charge in [-0.25, -0.2) is 14.6 Å². The van der Waals surface area contributed by atoms with Crippen molar-refractivity contribution in [3.05, 3.63) is 53.9 Å². The first kappa shape index (κ1) is 34.8. The molecule has 1 saturated heterocycles. The zero-order chi connectivity index (χ0) is 32.9. The van der Waals surface area contributed by atoms with E-state index in [9.17, 15) is 24.0 Å². The molecule has 14 heteroatoms. The first-order chi connectivity index (χ1) is 21.5. The fraction of sp³-hybridized carbons (Fsp3) is 0.484. The predicted molar refractivity (Wildman–Crippen MR) is 155 cm³/mol. The summed E-state index contributed by atoms with van der Waals surface area (Å²) in [6.07, 6.45) is -0.846. The highest BCUT2D eigenvalue weighted by Crippen LogP contribution is 2.30. The van der Waals surface area contributed by atoms with Crippen LogP contribution in [-0.2, 0) is 49.3 Å². The van der Waals surface area contributed by atoms with E-state index in [4.69, 9.17) is 33.2 Å². The van der Waals surface area contributed by atoms with E-state index >= 15 is 0 Å². The molecule has 14 nitrogen and oxygen atoms in total. The molecule has 1 amide bonds. The smallest absolute Gasteiger partial charge is 0.334 e. The summed E-state index contributed by atoms with van der Waals surface area (Å²) in [6.45, 7) is 5.34. The molecular weight excluding hydrogens is 592 g/mol. The highest BCUT2D eigenvalue weighted by Gasteiger charge is 2.42. The second kappa shape index (κ2) is 16.9. The molecule has 1 fully saturated rings. The maximum Gasteiger partial charge on any atom is 0.334 e. The Morgan fingerprint density at radius 3 is 2.49 bits per heavy atom. The average molecular weight is 631 g/mol. The topological polar surface area (TPSA) is 175 Å². The Bertz CT molecular complexity index is 1330. The van der Waals surface area contributed by atoms with Crippen LogP contribution < -0.4 is 14.8 Å². The minimum atomic E-state index is -1.47. The number of ether oxygens (including phenoxy) is 7. The summed E-state index contributed by atoms with van der Waals surface area (Å²) in [6, 6.07) is 8.98. The molecule has 0 saturated carbocycles. The normalized spacial score (nSPS) is 20.0. The van der Waals surface area contributed by atoms with Crippen LogP contribution in [0.5, 0.6) is 11.5 Å². The lowest BCUT2D eigenvalue weighted by molar-refractivity contribution is -0.176. The van der Waals surface area contributed by atoms with Gasteiger partial charge in [0.05, 0.1) is 13.0 Å². The number of benzene rings is 1. The van der Waals surface area contributed by atoms with Crippen molar-refractivity contribution in [3.63, 3.8) is 0 Å². The average Bonchev–Trinajstić information content (AvgIpc) is 3.06. The third-order valence-corrected chi connectivity index (χ3v) is 6.62. The molecular formula is C31H38N2O12. The Morgan fingerprint density at radius 1 is 1.09 bits per heavy atom. The number of carbonyl (C=O) groups is 5. The van der Waals surface area contributed by atoms with Crippen LogP contribution in [0, 0.1) is 11.8 Å². The Morgan fingerprint density at radius 2 is 1.82 bits per heavy atom. The number of cyclic esters (lactones) is 2. The van der Waals surface area contributed by atoms with E-state index in [2.05, 4.69) is 10.3 Å². The van der Waals surface area contributed by atoms with Gasteiger partial charge in [-0.05, 0) is 25.8 Å². The Hall–Kier alpha value is -4.72. The third kappa shape index (κ3) is 9.89. The number of pyridine rings is 1. The van der Waals surface area contributed by atoms with E-state index in [-0.39, 0.29) is 30.2 Å². The first-order valence-corrected chi connectivity index (χ1v) is 14.4. The monoisotopic (exact) mass is 630 g/mol. The van der Waals surface area contributed by atoms with Crippen LogP contribution in [0.15, 0.2) is 42.6 Å². The van der Waals surface area contributed by atoms with Gasteiger partial charge in [-0.3, -0.25) is 14.4 Å². The highest BCUT2D eigenvalue weighted by molar-refractivity contribution is 5.98. The number of esters is 4. The quantitative estimate of drug-likeness (QED) is 0.194. The van der Waals surface area contributed by atoms with Gasteiger partial charge < -0.3 is 38.5 Å². The molecule has 0 bridgehead atoms. The molecule has 1 aromatic carbocycles. The molecule has 4 atom stereocenters. The first-order valence-electron chi connectivity index (χ1n) is 14.4. The van der Waals surface area contributed by atoms with Crippen molar-refractivity contribution < 1.29 is 57.1 Å². The van der Waals surface area contributed by atoms with E-state index < -0.39 is 73.3 Å². The van der Waals surface area contributed by atoms with Crippen molar-refractivity contribution in [2.75, 3.05) is 33.7 Å².